The Morgan fingerprint density at radius 2 is 1.38 bits per heavy atom. The summed E-state index contributed by atoms with van der Waals surface area (Å²) in [7, 11) is 0. The van der Waals surface area contributed by atoms with Crippen LogP contribution in [0, 0.1) is 22.7 Å². The lowest BCUT2D eigenvalue weighted by atomic mass is 9.96. The van der Waals surface area contributed by atoms with Crippen molar-refractivity contribution in [2.75, 3.05) is 0 Å². The van der Waals surface area contributed by atoms with Crippen molar-refractivity contribution in [3.8, 4) is 11.8 Å². The molecule has 268 valence electrons. The van der Waals surface area contributed by atoms with Crippen LogP contribution in [0.4, 0.5) is 15.3 Å². The highest BCUT2D eigenvalue weighted by Gasteiger charge is 2.65. The quantitative estimate of drug-likeness (QED) is 0.211. The molecular formula is C43H47N5O4. The van der Waals surface area contributed by atoms with Crippen molar-refractivity contribution in [2.24, 2.45) is 15.8 Å². The number of piperidine rings is 2. The van der Waals surface area contributed by atoms with E-state index in [0.717, 1.165) is 82.3 Å². The van der Waals surface area contributed by atoms with Crippen molar-refractivity contribution >= 4 is 45.4 Å². The lowest BCUT2D eigenvalue weighted by molar-refractivity contribution is 0.0173. The highest BCUT2D eigenvalue weighted by atomic mass is 16.6. The molecule has 4 fully saturated rings. The molecule has 6 atom stereocenters. The van der Waals surface area contributed by atoms with Crippen LogP contribution < -0.4 is 0 Å². The molecule has 3 aromatic carbocycles. The summed E-state index contributed by atoms with van der Waals surface area (Å²) in [6, 6.07) is 16.9. The monoisotopic (exact) mass is 697 g/mol. The molecule has 1 N–H and O–H groups in total. The van der Waals surface area contributed by atoms with E-state index in [2.05, 4.69) is 73.1 Å². The number of hydrogen-bond acceptors (Lipinski definition) is 6. The van der Waals surface area contributed by atoms with Gasteiger partial charge in [0.25, 0.3) is 0 Å². The predicted molar refractivity (Wildman–Crippen MR) is 202 cm³/mol. The van der Waals surface area contributed by atoms with E-state index in [1.807, 2.05) is 57.4 Å². The smallest absolute Gasteiger partial charge is 0.411 e. The number of aromatic amines is 1. The predicted octanol–water partition coefficient (Wildman–Crippen LogP) is 8.99. The second-order valence-electron chi connectivity index (χ2n) is 18.4. The van der Waals surface area contributed by atoms with Crippen molar-refractivity contribution in [3.63, 3.8) is 0 Å². The van der Waals surface area contributed by atoms with E-state index in [4.69, 9.17) is 19.5 Å². The Kier molecular flexibility index (Phi) is 6.89. The minimum atomic E-state index is -0.556. The van der Waals surface area contributed by atoms with Crippen LogP contribution in [0.15, 0.2) is 53.5 Å². The average molecular weight is 698 g/mol. The Morgan fingerprint density at radius 3 is 2.04 bits per heavy atom. The van der Waals surface area contributed by atoms with Crippen LogP contribution in [0.5, 0.6) is 0 Å². The van der Waals surface area contributed by atoms with Gasteiger partial charge < -0.3 is 14.5 Å². The molecule has 5 aliphatic rings. The largest absolute Gasteiger partial charge is 0.444 e. The van der Waals surface area contributed by atoms with E-state index in [1.54, 1.807) is 0 Å². The van der Waals surface area contributed by atoms with Gasteiger partial charge in [-0.25, -0.2) is 14.6 Å². The Hall–Kier alpha value is -4.84. The van der Waals surface area contributed by atoms with Crippen LogP contribution in [0.25, 0.3) is 21.8 Å². The summed E-state index contributed by atoms with van der Waals surface area (Å²) >= 11 is 0. The maximum Gasteiger partial charge on any atom is 0.411 e. The van der Waals surface area contributed by atoms with Gasteiger partial charge in [0.2, 0.25) is 0 Å². The number of hydrogen-bond donors (Lipinski definition) is 1. The van der Waals surface area contributed by atoms with Crippen LogP contribution in [0.2, 0.25) is 0 Å². The number of rotatable bonds is 2. The lowest BCUT2D eigenvalue weighted by Crippen LogP contribution is -2.45. The third-order valence-electron chi connectivity index (χ3n) is 11.7. The molecule has 4 aromatic rings. The third-order valence-corrected chi connectivity index (χ3v) is 11.7. The molecule has 9 heteroatoms. The Bertz CT molecular complexity index is 2300. The van der Waals surface area contributed by atoms with Crippen LogP contribution in [-0.2, 0) is 15.9 Å². The summed E-state index contributed by atoms with van der Waals surface area (Å²) in [6.45, 7) is 16.0. The fraction of sp³-hybridized carbons (Fsp3) is 0.488. The van der Waals surface area contributed by atoms with E-state index in [1.165, 1.54) is 5.56 Å². The minimum Gasteiger partial charge on any atom is -0.444 e. The Balaban J connectivity index is 0.946. The maximum absolute atomic E-state index is 13.3. The number of likely N-dealkylation sites (tertiary alicyclic amines) is 2. The molecule has 52 heavy (non-hydrogen) atoms. The van der Waals surface area contributed by atoms with Gasteiger partial charge in [-0.05, 0) is 119 Å². The maximum atomic E-state index is 13.3. The summed E-state index contributed by atoms with van der Waals surface area (Å²) in [5.41, 5.74) is 5.98. The number of imidazole rings is 1. The van der Waals surface area contributed by atoms with Crippen molar-refractivity contribution in [1.29, 1.82) is 0 Å². The van der Waals surface area contributed by atoms with Gasteiger partial charge in [-0.3, -0.25) is 14.8 Å². The first-order valence-electron chi connectivity index (χ1n) is 18.6. The van der Waals surface area contributed by atoms with Crippen molar-refractivity contribution in [2.45, 2.75) is 123 Å². The lowest BCUT2D eigenvalue weighted by Gasteiger charge is -2.30. The summed E-state index contributed by atoms with van der Waals surface area (Å²) in [6.07, 6.45) is 4.07. The molecule has 2 saturated heterocycles. The van der Waals surface area contributed by atoms with Gasteiger partial charge >= 0.3 is 12.2 Å². The van der Waals surface area contributed by atoms with E-state index in [9.17, 15) is 9.59 Å². The molecule has 1 aromatic heterocycles. The third kappa shape index (κ3) is 5.62. The van der Waals surface area contributed by atoms with Gasteiger partial charge in [-0.15, -0.1) is 0 Å². The van der Waals surface area contributed by atoms with Crippen LogP contribution >= 0.6 is 0 Å². The molecular weight excluding hydrogens is 651 g/mol. The summed E-state index contributed by atoms with van der Waals surface area (Å²) < 4.78 is 11.6. The van der Waals surface area contributed by atoms with Crippen molar-refractivity contribution < 1.29 is 19.1 Å². The first-order valence-corrected chi connectivity index (χ1v) is 18.6. The molecule has 3 aliphatic heterocycles. The molecule has 2 unspecified atom stereocenters. The molecule has 2 amide bonds. The summed E-state index contributed by atoms with van der Waals surface area (Å²) in [5, 5.41) is 2.10. The number of fused-ring (bicyclic) bond motifs is 6. The number of carbonyl (C=O) groups is 2. The molecule has 9 rings (SSSR count). The molecule has 4 heterocycles. The van der Waals surface area contributed by atoms with E-state index >= 15 is 0 Å². The van der Waals surface area contributed by atoms with Crippen LogP contribution in [0.3, 0.4) is 0 Å². The van der Waals surface area contributed by atoms with Crippen molar-refractivity contribution in [1.82, 2.24) is 19.8 Å². The number of ether oxygens (including phenoxy) is 2. The van der Waals surface area contributed by atoms with Gasteiger partial charge in [0.15, 0.2) is 0 Å². The highest BCUT2D eigenvalue weighted by molar-refractivity contribution is 6.04. The van der Waals surface area contributed by atoms with E-state index in [0.29, 0.717) is 0 Å². The number of nitrogens with one attached hydrogen (secondary N) is 1. The molecule has 2 aliphatic carbocycles. The highest BCUT2D eigenvalue weighted by Crippen LogP contribution is 2.63. The number of benzene rings is 3. The van der Waals surface area contributed by atoms with Gasteiger partial charge in [-0.2, -0.15) is 0 Å². The first-order chi connectivity index (χ1) is 24.5. The van der Waals surface area contributed by atoms with Gasteiger partial charge in [0.1, 0.15) is 17.0 Å². The van der Waals surface area contributed by atoms with Crippen molar-refractivity contribution in [3.05, 3.63) is 71.0 Å². The van der Waals surface area contributed by atoms with Gasteiger partial charge in [0, 0.05) is 40.7 Å². The molecule has 0 radical (unpaired) electrons. The fourth-order valence-electron chi connectivity index (χ4n) is 8.91. The minimum absolute atomic E-state index is 0.0360. The van der Waals surface area contributed by atoms with Crippen LogP contribution in [-0.4, -0.2) is 67.0 Å². The summed E-state index contributed by atoms with van der Waals surface area (Å²) in [4.78, 5) is 44.1. The molecule has 0 bridgehead atoms. The second-order valence-corrected chi connectivity index (χ2v) is 18.4. The standard InChI is InChI=1S/C43H47N5O4/c1-40(2,3)51-38(49)47-32(20-42(7)22-34(42)47)31-19-27-13-11-25(18-30(27)44-31)10-9-24-12-15-28-26(17-24)14-16-29-36(28)46-37(45-29)33-21-43(8)23-35(43)48(33)39(50)52-41(4,5)6/h11-18,32-35H,19-23H2,1-8H3,(H,45,46)/t32-,33-,34?,35?,42-,43-/m0/s1. The van der Waals surface area contributed by atoms with E-state index < -0.39 is 11.2 Å². The van der Waals surface area contributed by atoms with Gasteiger partial charge in [-0.1, -0.05) is 43.9 Å². The fourth-order valence-corrected chi connectivity index (χ4v) is 8.91. The second kappa shape index (κ2) is 10.8. The topological polar surface area (TPSA) is 100 Å². The normalized spacial score (nSPS) is 28.6. The molecule has 0 spiro atoms. The zero-order chi connectivity index (χ0) is 36.5. The number of amides is 2. The number of H-pyrrole nitrogens is 1. The number of aromatic nitrogens is 2. The molecule has 2 saturated carbocycles. The van der Waals surface area contributed by atoms with Gasteiger partial charge in [0.05, 0.1) is 28.8 Å². The number of carbonyl (C=O) groups excluding carboxylic acids is 2. The number of nitrogens with zero attached hydrogens (tertiary/aromatic N) is 4. The van der Waals surface area contributed by atoms with Crippen LogP contribution in [0.1, 0.15) is 110 Å². The zero-order valence-electron chi connectivity index (χ0n) is 31.4. The average Bonchev–Trinajstić information content (AvgIpc) is 3.55. The first kappa shape index (κ1) is 33.0. The Labute approximate surface area is 305 Å². The molecule has 9 nitrogen and oxygen atoms in total. The Morgan fingerprint density at radius 1 is 0.788 bits per heavy atom. The zero-order valence-corrected chi connectivity index (χ0v) is 31.4. The SMILES string of the molecule is CC(C)(C)OC(=O)N1C2C[C@]2(C)C[C@H]1C1=Nc2cc(C#Cc3ccc4c(ccc5[nH]c([C@@H]6C[C@@]7(C)CC7N6C(=O)OC(C)(C)C)nc54)c3)ccc2C1. The van der Waals surface area contributed by atoms with E-state index in [-0.39, 0.29) is 47.2 Å². The summed E-state index contributed by atoms with van der Waals surface area (Å²) in [5.74, 6) is 7.53. The number of aliphatic imine (C=N–C) groups is 1.